The van der Waals surface area contributed by atoms with Gasteiger partial charge in [-0.15, -0.1) is 0 Å². The average Bonchev–Trinajstić information content (AvgIpc) is 2.72. The van der Waals surface area contributed by atoms with E-state index in [1.807, 2.05) is 0 Å². The average molecular weight is 391 g/mol. The number of carbonyl (C=O) groups excluding carboxylic acids is 2. The number of carbonyl (C=O) groups is 2. The molecule has 1 unspecified atom stereocenters. The third kappa shape index (κ3) is 4.18. The number of hydrogen-bond acceptors (Lipinski definition) is 3. The van der Waals surface area contributed by atoms with Crippen molar-refractivity contribution >= 4 is 11.9 Å². The molecule has 3 rings (SSSR count). The summed E-state index contributed by atoms with van der Waals surface area (Å²) in [6.45, 7) is 0.507. The maximum Gasteiger partial charge on any atom is 0.416 e. The molecule has 0 spiro atoms. The van der Waals surface area contributed by atoms with Gasteiger partial charge in [-0.25, -0.2) is 4.79 Å². The largest absolute Gasteiger partial charge is 0.465 e. The first-order valence-electron chi connectivity index (χ1n) is 8.98. The van der Waals surface area contributed by atoms with Crippen LogP contribution in [0.5, 0.6) is 0 Å². The number of methoxy groups -OCH3 is 1. The van der Waals surface area contributed by atoms with Gasteiger partial charge in [-0.3, -0.25) is 4.79 Å². The summed E-state index contributed by atoms with van der Waals surface area (Å²) in [5.74, 6) is -0.789. The molecule has 2 aromatic rings. The Bertz CT molecular complexity index is 862. The minimum atomic E-state index is -4.39. The lowest BCUT2D eigenvalue weighted by Gasteiger charge is -2.36. The highest BCUT2D eigenvalue weighted by atomic mass is 19.4. The summed E-state index contributed by atoms with van der Waals surface area (Å²) >= 11 is 0. The molecular weight excluding hydrogens is 371 g/mol. The van der Waals surface area contributed by atoms with E-state index < -0.39 is 17.7 Å². The number of amides is 1. The second-order valence-electron chi connectivity index (χ2n) is 6.70. The van der Waals surface area contributed by atoms with Gasteiger partial charge in [0.2, 0.25) is 0 Å². The Kier molecular flexibility index (Phi) is 5.72. The van der Waals surface area contributed by atoms with Crippen molar-refractivity contribution in [2.75, 3.05) is 13.7 Å². The molecule has 1 amide bonds. The van der Waals surface area contributed by atoms with E-state index in [9.17, 15) is 22.8 Å². The molecular formula is C21H20F3NO3. The van der Waals surface area contributed by atoms with Crippen molar-refractivity contribution in [3.8, 4) is 0 Å². The van der Waals surface area contributed by atoms with Gasteiger partial charge in [0.25, 0.3) is 5.91 Å². The van der Waals surface area contributed by atoms with Crippen molar-refractivity contribution in [1.82, 2.24) is 4.90 Å². The van der Waals surface area contributed by atoms with Gasteiger partial charge in [0.1, 0.15) is 0 Å². The number of benzene rings is 2. The number of rotatable bonds is 3. The van der Waals surface area contributed by atoms with Gasteiger partial charge < -0.3 is 9.64 Å². The van der Waals surface area contributed by atoms with Gasteiger partial charge in [0.05, 0.1) is 24.3 Å². The highest BCUT2D eigenvalue weighted by Crippen LogP contribution is 2.35. The van der Waals surface area contributed by atoms with Gasteiger partial charge in [-0.1, -0.05) is 18.2 Å². The van der Waals surface area contributed by atoms with E-state index in [1.54, 1.807) is 23.1 Å². The number of nitrogens with zero attached hydrogens (tertiary/aromatic N) is 1. The number of esters is 1. The fraction of sp³-hybridized carbons (Fsp3) is 0.333. The molecule has 148 valence electrons. The molecule has 1 heterocycles. The predicted octanol–water partition coefficient (Wildman–Crippen LogP) is 4.86. The minimum absolute atomic E-state index is 0.254. The van der Waals surface area contributed by atoms with Crippen LogP contribution in [0.2, 0.25) is 0 Å². The molecule has 7 heteroatoms. The van der Waals surface area contributed by atoms with Crippen LogP contribution in [-0.4, -0.2) is 30.4 Å². The van der Waals surface area contributed by atoms with Crippen LogP contribution in [0.3, 0.4) is 0 Å². The van der Waals surface area contributed by atoms with Crippen molar-refractivity contribution in [2.24, 2.45) is 0 Å². The quantitative estimate of drug-likeness (QED) is 0.702. The Hall–Kier alpha value is -2.83. The highest BCUT2D eigenvalue weighted by molar-refractivity contribution is 5.98. The molecule has 28 heavy (non-hydrogen) atoms. The fourth-order valence-electron chi connectivity index (χ4n) is 3.48. The van der Waals surface area contributed by atoms with Crippen LogP contribution in [0.4, 0.5) is 13.2 Å². The summed E-state index contributed by atoms with van der Waals surface area (Å²) in [6.07, 6.45) is -2.01. The zero-order valence-corrected chi connectivity index (χ0v) is 15.3. The number of piperidine rings is 1. The Morgan fingerprint density at radius 2 is 1.71 bits per heavy atom. The Morgan fingerprint density at radius 3 is 2.36 bits per heavy atom. The molecule has 1 atom stereocenters. The van der Waals surface area contributed by atoms with Crippen LogP contribution in [0, 0.1) is 0 Å². The monoisotopic (exact) mass is 391 g/mol. The topological polar surface area (TPSA) is 46.6 Å². The first-order valence-corrected chi connectivity index (χ1v) is 8.98. The van der Waals surface area contributed by atoms with Gasteiger partial charge in [-0.05, 0) is 55.2 Å². The number of ether oxygens (including phenoxy) is 1. The summed E-state index contributed by atoms with van der Waals surface area (Å²) < 4.78 is 43.1. The zero-order chi connectivity index (χ0) is 20.3. The van der Waals surface area contributed by atoms with E-state index in [0.717, 1.165) is 25.0 Å². The van der Waals surface area contributed by atoms with Gasteiger partial charge >= 0.3 is 12.1 Å². The Labute approximate surface area is 160 Å². The molecule has 2 aromatic carbocycles. The lowest BCUT2D eigenvalue weighted by Crippen LogP contribution is -2.38. The maximum absolute atomic E-state index is 13.1. The SMILES string of the molecule is COC(=O)c1cccc(C(=O)N2CCCCC2c2ccc(C(F)(F)F)cc2)c1. The van der Waals surface area contributed by atoms with E-state index in [4.69, 9.17) is 0 Å². The molecule has 0 saturated carbocycles. The highest BCUT2D eigenvalue weighted by Gasteiger charge is 2.32. The molecule has 4 nitrogen and oxygen atoms in total. The van der Waals surface area contributed by atoms with E-state index in [2.05, 4.69) is 4.74 Å². The van der Waals surface area contributed by atoms with E-state index in [-0.39, 0.29) is 17.5 Å². The van der Waals surface area contributed by atoms with E-state index in [1.165, 1.54) is 25.3 Å². The zero-order valence-electron chi connectivity index (χ0n) is 15.3. The fourth-order valence-corrected chi connectivity index (χ4v) is 3.48. The van der Waals surface area contributed by atoms with Crippen LogP contribution in [0.1, 0.15) is 57.1 Å². The number of likely N-dealkylation sites (tertiary alicyclic amines) is 1. The smallest absolute Gasteiger partial charge is 0.416 e. The molecule has 1 aliphatic heterocycles. The molecule has 0 radical (unpaired) electrons. The summed E-state index contributed by atoms with van der Waals surface area (Å²) in [5.41, 5.74) is 0.582. The molecule has 0 aliphatic carbocycles. The molecule has 1 fully saturated rings. The summed E-state index contributed by atoms with van der Waals surface area (Å²) in [7, 11) is 1.27. The van der Waals surface area contributed by atoms with Crippen molar-refractivity contribution in [2.45, 2.75) is 31.5 Å². The summed E-state index contributed by atoms with van der Waals surface area (Å²) in [4.78, 5) is 26.5. The number of alkyl halides is 3. The van der Waals surface area contributed by atoms with Crippen molar-refractivity contribution in [3.63, 3.8) is 0 Å². The second kappa shape index (κ2) is 8.04. The third-order valence-corrected chi connectivity index (χ3v) is 4.92. The van der Waals surface area contributed by atoms with Crippen LogP contribution in [-0.2, 0) is 10.9 Å². The van der Waals surface area contributed by atoms with Crippen LogP contribution in [0.15, 0.2) is 48.5 Å². The van der Waals surface area contributed by atoms with Crippen LogP contribution in [0.25, 0.3) is 0 Å². The second-order valence-corrected chi connectivity index (χ2v) is 6.70. The Balaban J connectivity index is 1.87. The van der Waals surface area contributed by atoms with Gasteiger partial charge in [0, 0.05) is 12.1 Å². The molecule has 0 aromatic heterocycles. The molecule has 1 aliphatic rings. The summed E-state index contributed by atoms with van der Waals surface area (Å²) in [6, 6.07) is 10.9. The molecule has 0 bridgehead atoms. The predicted molar refractivity (Wildman–Crippen MR) is 96.9 cm³/mol. The van der Waals surface area contributed by atoms with Crippen LogP contribution < -0.4 is 0 Å². The summed E-state index contributed by atoms with van der Waals surface area (Å²) in [5, 5.41) is 0. The van der Waals surface area contributed by atoms with E-state index in [0.29, 0.717) is 24.1 Å². The molecule has 1 saturated heterocycles. The van der Waals surface area contributed by atoms with Crippen molar-refractivity contribution in [1.29, 1.82) is 0 Å². The van der Waals surface area contributed by atoms with Crippen molar-refractivity contribution in [3.05, 3.63) is 70.8 Å². The maximum atomic E-state index is 13.1. The van der Waals surface area contributed by atoms with Gasteiger partial charge in [-0.2, -0.15) is 13.2 Å². The first kappa shape index (κ1) is 19.9. The van der Waals surface area contributed by atoms with Gasteiger partial charge in [0.15, 0.2) is 0 Å². The standard InChI is InChI=1S/C21H20F3NO3/c1-28-20(27)16-6-4-5-15(13-16)19(26)25-12-3-2-7-18(25)14-8-10-17(11-9-14)21(22,23)24/h4-6,8-11,13,18H,2-3,7,12H2,1H3. The molecule has 0 N–H and O–H groups in total. The number of halogens is 3. The van der Waals surface area contributed by atoms with Crippen molar-refractivity contribution < 1.29 is 27.5 Å². The third-order valence-electron chi connectivity index (χ3n) is 4.92. The number of hydrogen-bond donors (Lipinski definition) is 0. The normalized spacial score (nSPS) is 17.3. The van der Waals surface area contributed by atoms with Crippen LogP contribution >= 0.6 is 0 Å². The lowest BCUT2D eigenvalue weighted by molar-refractivity contribution is -0.137. The lowest BCUT2D eigenvalue weighted by atomic mass is 9.93. The Morgan fingerprint density at radius 1 is 1.04 bits per heavy atom. The van der Waals surface area contributed by atoms with E-state index >= 15 is 0 Å². The first-order chi connectivity index (χ1) is 13.3. The minimum Gasteiger partial charge on any atom is -0.465 e.